The molecule has 4 aromatic rings. The average Bonchev–Trinajstić information content (AvgIpc) is 3.22. The van der Waals surface area contributed by atoms with Gasteiger partial charge in [0.25, 0.3) is 5.56 Å². The number of fused-ring (bicyclic) bond motifs is 3. The van der Waals surface area contributed by atoms with Crippen molar-refractivity contribution in [2.75, 3.05) is 14.2 Å². The lowest BCUT2D eigenvalue weighted by molar-refractivity contribution is 0.402. The van der Waals surface area contributed by atoms with Gasteiger partial charge in [-0.05, 0) is 59.9 Å². The highest BCUT2D eigenvalue weighted by Gasteiger charge is 2.33. The summed E-state index contributed by atoms with van der Waals surface area (Å²) in [6, 6.07) is 21.4. The van der Waals surface area contributed by atoms with Crippen LogP contribution < -0.4 is 24.4 Å². The fourth-order valence-corrected chi connectivity index (χ4v) is 6.32. The Morgan fingerprint density at radius 2 is 1.83 bits per heavy atom. The Balaban J connectivity index is 1.64. The first kappa shape index (κ1) is 22.8. The van der Waals surface area contributed by atoms with E-state index in [1.165, 1.54) is 16.9 Å². The Morgan fingerprint density at radius 1 is 1.03 bits per heavy atom. The molecule has 7 heteroatoms. The van der Waals surface area contributed by atoms with Gasteiger partial charge in [-0.25, -0.2) is 4.99 Å². The van der Waals surface area contributed by atoms with Gasteiger partial charge in [-0.1, -0.05) is 65.4 Å². The number of methoxy groups -OCH3 is 2. The minimum atomic E-state index is -0.312. The number of nitrogens with zero attached hydrogens (tertiary/aromatic N) is 2. The maximum Gasteiger partial charge on any atom is 0.271 e. The van der Waals surface area contributed by atoms with Gasteiger partial charge >= 0.3 is 0 Å². The molecule has 0 amide bonds. The second-order valence-electron chi connectivity index (χ2n) is 8.74. The van der Waals surface area contributed by atoms with Crippen LogP contribution in [0, 0.1) is 0 Å². The highest BCUT2D eigenvalue weighted by molar-refractivity contribution is 7.07. The first-order valence-corrected chi connectivity index (χ1v) is 12.9. The second kappa shape index (κ2) is 9.12. The van der Waals surface area contributed by atoms with Crippen molar-refractivity contribution in [2.45, 2.75) is 18.9 Å². The number of benzene rings is 3. The lowest BCUT2D eigenvalue weighted by atomic mass is 9.83. The van der Waals surface area contributed by atoms with Gasteiger partial charge in [0.15, 0.2) is 4.80 Å². The van der Waals surface area contributed by atoms with E-state index in [0.29, 0.717) is 25.9 Å². The third kappa shape index (κ3) is 3.69. The van der Waals surface area contributed by atoms with Crippen molar-refractivity contribution >= 4 is 34.7 Å². The van der Waals surface area contributed by atoms with E-state index in [4.69, 9.17) is 26.1 Å². The standard InChI is InChI=1S/C29H23ClN2O3S/c1-34-19-12-14-24(35-2)18(15-19)16-25-28(33)32-27(21-9-5-6-10-23(21)30)22-13-11-17-7-3-4-8-20(17)26(22)31-29(32)36-25/h3-10,12,14-16,27H,11,13H2,1-2H3. The largest absolute Gasteiger partial charge is 0.497 e. The second-order valence-corrected chi connectivity index (χ2v) is 10.2. The molecule has 0 fully saturated rings. The summed E-state index contributed by atoms with van der Waals surface area (Å²) in [6.45, 7) is 0. The molecule has 36 heavy (non-hydrogen) atoms. The van der Waals surface area contributed by atoms with E-state index >= 15 is 0 Å². The molecule has 1 atom stereocenters. The Bertz CT molecular complexity index is 1720. The number of aromatic nitrogens is 1. The monoisotopic (exact) mass is 514 g/mol. The average molecular weight is 515 g/mol. The van der Waals surface area contributed by atoms with Crippen molar-refractivity contribution in [1.29, 1.82) is 0 Å². The van der Waals surface area contributed by atoms with Crippen LogP contribution in [0.1, 0.15) is 34.7 Å². The van der Waals surface area contributed by atoms with E-state index in [2.05, 4.69) is 18.2 Å². The zero-order chi connectivity index (χ0) is 24.8. The van der Waals surface area contributed by atoms with Crippen LogP contribution in [0.3, 0.4) is 0 Å². The van der Waals surface area contributed by atoms with Gasteiger partial charge in [0.1, 0.15) is 11.5 Å². The predicted molar refractivity (Wildman–Crippen MR) is 144 cm³/mol. The van der Waals surface area contributed by atoms with E-state index in [9.17, 15) is 4.79 Å². The van der Waals surface area contributed by atoms with E-state index < -0.39 is 0 Å². The maximum absolute atomic E-state index is 13.9. The Kier molecular flexibility index (Phi) is 5.78. The third-order valence-electron chi connectivity index (χ3n) is 6.80. The molecular formula is C29H23ClN2O3S. The fraction of sp³-hybridized carbons (Fsp3) is 0.172. The van der Waals surface area contributed by atoms with Gasteiger partial charge in [0.2, 0.25) is 0 Å². The van der Waals surface area contributed by atoms with Gasteiger partial charge in [0.05, 0.1) is 30.5 Å². The summed E-state index contributed by atoms with van der Waals surface area (Å²) in [4.78, 5) is 19.6. The van der Waals surface area contributed by atoms with Gasteiger partial charge in [-0.2, -0.15) is 0 Å². The molecule has 0 spiro atoms. The zero-order valence-corrected chi connectivity index (χ0v) is 21.4. The fourth-order valence-electron chi connectivity index (χ4n) is 5.09. The van der Waals surface area contributed by atoms with Crippen LogP contribution in [-0.2, 0) is 6.42 Å². The Morgan fingerprint density at radius 3 is 2.64 bits per heavy atom. The van der Waals surface area contributed by atoms with Gasteiger partial charge in [-0.3, -0.25) is 9.36 Å². The molecule has 0 bridgehead atoms. The topological polar surface area (TPSA) is 52.8 Å². The minimum absolute atomic E-state index is 0.0982. The normalized spacial score (nSPS) is 16.6. The minimum Gasteiger partial charge on any atom is -0.497 e. The molecule has 1 aliphatic carbocycles. The van der Waals surface area contributed by atoms with Crippen molar-refractivity contribution in [3.8, 4) is 11.5 Å². The summed E-state index contributed by atoms with van der Waals surface area (Å²) in [6.07, 6.45) is 3.57. The van der Waals surface area contributed by atoms with Crippen LogP contribution in [-0.4, -0.2) is 18.8 Å². The molecule has 0 saturated heterocycles. The highest BCUT2D eigenvalue weighted by Crippen LogP contribution is 2.42. The van der Waals surface area contributed by atoms with Crippen molar-refractivity contribution in [1.82, 2.24) is 4.57 Å². The van der Waals surface area contributed by atoms with Crippen molar-refractivity contribution in [2.24, 2.45) is 4.99 Å². The SMILES string of the molecule is COc1ccc(OC)c(C=c2sc3n(c2=O)C(c2ccccc2Cl)C2=C(N=3)c3ccccc3CC2)c1. The highest BCUT2D eigenvalue weighted by atomic mass is 35.5. The molecule has 2 aliphatic rings. The molecule has 1 unspecified atom stereocenters. The number of hydrogen-bond acceptors (Lipinski definition) is 5. The van der Waals surface area contributed by atoms with Crippen LogP contribution >= 0.6 is 22.9 Å². The number of rotatable bonds is 4. The number of thiazole rings is 1. The van der Waals surface area contributed by atoms with Crippen molar-refractivity contribution < 1.29 is 9.47 Å². The van der Waals surface area contributed by atoms with Gasteiger partial charge in [-0.15, -0.1) is 0 Å². The smallest absolute Gasteiger partial charge is 0.271 e. The number of halogens is 1. The molecule has 6 rings (SSSR count). The molecule has 3 aromatic carbocycles. The summed E-state index contributed by atoms with van der Waals surface area (Å²) in [5.74, 6) is 1.35. The molecule has 0 radical (unpaired) electrons. The van der Waals surface area contributed by atoms with Crippen LogP contribution in [0.5, 0.6) is 11.5 Å². The number of allylic oxidation sites excluding steroid dienone is 1. The number of ether oxygens (including phenoxy) is 2. The first-order chi connectivity index (χ1) is 17.6. The molecule has 180 valence electrons. The molecular weight excluding hydrogens is 492 g/mol. The first-order valence-electron chi connectivity index (χ1n) is 11.7. The van der Waals surface area contributed by atoms with Crippen molar-refractivity contribution in [3.05, 3.63) is 119 Å². The predicted octanol–water partition coefficient (Wildman–Crippen LogP) is 4.99. The summed E-state index contributed by atoms with van der Waals surface area (Å²) >= 11 is 8.09. The molecule has 2 heterocycles. The lowest BCUT2D eigenvalue weighted by Gasteiger charge is -2.31. The van der Waals surface area contributed by atoms with Crippen molar-refractivity contribution in [3.63, 3.8) is 0 Å². The van der Waals surface area contributed by atoms with Gasteiger partial charge < -0.3 is 9.47 Å². The molecule has 0 saturated carbocycles. The maximum atomic E-state index is 13.9. The number of aryl methyl sites for hydroxylation is 1. The Labute approximate surface area is 217 Å². The summed E-state index contributed by atoms with van der Waals surface area (Å²) < 4.78 is 13.3. The quantitative estimate of drug-likeness (QED) is 0.385. The van der Waals surface area contributed by atoms with Crippen LogP contribution in [0.25, 0.3) is 11.8 Å². The van der Waals surface area contributed by atoms with Crippen LogP contribution in [0.4, 0.5) is 0 Å². The molecule has 1 aliphatic heterocycles. The van der Waals surface area contributed by atoms with E-state index in [0.717, 1.165) is 40.8 Å². The summed E-state index contributed by atoms with van der Waals surface area (Å²) in [5, 5.41) is 0.638. The summed E-state index contributed by atoms with van der Waals surface area (Å²) in [5.41, 5.74) is 6.06. The molecule has 5 nitrogen and oxygen atoms in total. The molecule has 0 N–H and O–H groups in total. The zero-order valence-electron chi connectivity index (χ0n) is 19.8. The van der Waals surface area contributed by atoms with E-state index in [-0.39, 0.29) is 11.6 Å². The van der Waals surface area contributed by atoms with Crippen LogP contribution in [0.15, 0.2) is 82.1 Å². The van der Waals surface area contributed by atoms with Gasteiger partial charge in [0, 0.05) is 16.1 Å². The lowest BCUT2D eigenvalue weighted by Crippen LogP contribution is -2.38. The summed E-state index contributed by atoms with van der Waals surface area (Å²) in [7, 11) is 3.23. The Hall–Kier alpha value is -3.61. The van der Waals surface area contributed by atoms with E-state index in [1.807, 2.05) is 54.6 Å². The van der Waals surface area contributed by atoms with E-state index in [1.54, 1.807) is 18.8 Å². The molecule has 1 aromatic heterocycles. The third-order valence-corrected chi connectivity index (χ3v) is 8.12. The number of hydrogen-bond donors (Lipinski definition) is 0. The van der Waals surface area contributed by atoms with Crippen LogP contribution in [0.2, 0.25) is 5.02 Å².